The Labute approximate surface area is 97.9 Å². The minimum absolute atomic E-state index is 0.338. The maximum atomic E-state index is 9.20. The fourth-order valence-electron chi connectivity index (χ4n) is 2.47. The van der Waals surface area contributed by atoms with Gasteiger partial charge in [0, 0.05) is 19.7 Å². The van der Waals surface area contributed by atoms with Crippen LogP contribution in [0.5, 0.6) is 0 Å². The van der Waals surface area contributed by atoms with E-state index in [1.807, 2.05) is 0 Å². The van der Waals surface area contributed by atoms with Gasteiger partial charge < -0.3 is 5.11 Å². The van der Waals surface area contributed by atoms with E-state index in [0.29, 0.717) is 12.5 Å². The molecule has 16 heavy (non-hydrogen) atoms. The zero-order chi connectivity index (χ0) is 11.4. The van der Waals surface area contributed by atoms with Crippen molar-refractivity contribution in [3.8, 4) is 0 Å². The van der Waals surface area contributed by atoms with Crippen LogP contribution >= 0.6 is 0 Å². The van der Waals surface area contributed by atoms with Crippen LogP contribution in [0.3, 0.4) is 0 Å². The number of hydrogen-bond donors (Lipinski definition) is 1. The third kappa shape index (κ3) is 2.83. The fraction of sp³-hybridized carbons (Fsp3) is 0.571. The summed E-state index contributed by atoms with van der Waals surface area (Å²) < 4.78 is 0. The smallest absolute Gasteiger partial charge is 0.0471 e. The first-order valence-electron chi connectivity index (χ1n) is 6.17. The second-order valence-electron chi connectivity index (χ2n) is 4.85. The van der Waals surface area contributed by atoms with Crippen LogP contribution in [-0.2, 0) is 6.54 Å². The Bertz CT molecular complexity index is 337. The topological polar surface area (TPSA) is 23.5 Å². The molecule has 0 spiro atoms. The van der Waals surface area contributed by atoms with Crippen LogP contribution in [0.25, 0.3) is 0 Å². The molecule has 0 amide bonds. The molecule has 1 N–H and O–H groups in total. The molecular weight excluding hydrogens is 198 g/mol. The Balaban J connectivity index is 1.97. The summed E-state index contributed by atoms with van der Waals surface area (Å²) in [5.74, 6) is 0.484. The van der Waals surface area contributed by atoms with Gasteiger partial charge >= 0.3 is 0 Å². The molecule has 1 aliphatic heterocycles. The van der Waals surface area contributed by atoms with Crippen molar-refractivity contribution >= 4 is 0 Å². The molecule has 2 nitrogen and oxygen atoms in total. The van der Waals surface area contributed by atoms with Crippen LogP contribution in [-0.4, -0.2) is 29.7 Å². The molecule has 1 aromatic carbocycles. The third-order valence-corrected chi connectivity index (χ3v) is 3.52. The first-order chi connectivity index (χ1) is 7.79. The summed E-state index contributed by atoms with van der Waals surface area (Å²) in [5, 5.41) is 9.20. The van der Waals surface area contributed by atoms with Crippen LogP contribution in [0, 0.1) is 12.8 Å². The maximum absolute atomic E-state index is 9.20. The summed E-state index contributed by atoms with van der Waals surface area (Å²) >= 11 is 0. The van der Waals surface area contributed by atoms with E-state index in [-0.39, 0.29) is 0 Å². The van der Waals surface area contributed by atoms with Crippen molar-refractivity contribution < 1.29 is 5.11 Å². The average Bonchev–Trinajstić information content (AvgIpc) is 2.32. The van der Waals surface area contributed by atoms with Crippen LogP contribution in [0.4, 0.5) is 0 Å². The highest BCUT2D eigenvalue weighted by molar-refractivity contribution is 5.25. The SMILES string of the molecule is Cc1ccccc1CN1CCCC(CO)C1. The molecule has 1 saturated heterocycles. The molecule has 1 fully saturated rings. The second kappa shape index (κ2) is 5.46. The van der Waals surface area contributed by atoms with Gasteiger partial charge in [0.1, 0.15) is 0 Å². The molecule has 0 aromatic heterocycles. The zero-order valence-electron chi connectivity index (χ0n) is 10.0. The van der Waals surface area contributed by atoms with Gasteiger partial charge in [0.2, 0.25) is 0 Å². The molecule has 1 unspecified atom stereocenters. The molecule has 0 radical (unpaired) electrons. The Kier molecular flexibility index (Phi) is 3.97. The van der Waals surface area contributed by atoms with Crippen molar-refractivity contribution in [2.45, 2.75) is 26.3 Å². The van der Waals surface area contributed by atoms with Crippen LogP contribution in [0.15, 0.2) is 24.3 Å². The van der Waals surface area contributed by atoms with E-state index < -0.39 is 0 Å². The maximum Gasteiger partial charge on any atom is 0.0471 e. The predicted molar refractivity (Wildman–Crippen MR) is 66.3 cm³/mol. The highest BCUT2D eigenvalue weighted by Gasteiger charge is 2.19. The number of aryl methyl sites for hydroxylation is 1. The average molecular weight is 219 g/mol. The van der Waals surface area contributed by atoms with Crippen molar-refractivity contribution in [1.29, 1.82) is 0 Å². The van der Waals surface area contributed by atoms with Gasteiger partial charge in [-0.15, -0.1) is 0 Å². The quantitative estimate of drug-likeness (QED) is 0.842. The highest BCUT2D eigenvalue weighted by atomic mass is 16.3. The number of piperidine rings is 1. The number of rotatable bonds is 3. The lowest BCUT2D eigenvalue weighted by molar-refractivity contribution is 0.116. The minimum Gasteiger partial charge on any atom is -0.396 e. The normalized spacial score (nSPS) is 22.2. The number of hydrogen-bond acceptors (Lipinski definition) is 2. The summed E-state index contributed by atoms with van der Waals surface area (Å²) in [6.07, 6.45) is 2.40. The van der Waals surface area contributed by atoms with Crippen LogP contribution < -0.4 is 0 Å². The fourth-order valence-corrected chi connectivity index (χ4v) is 2.47. The Hall–Kier alpha value is -0.860. The first kappa shape index (κ1) is 11.6. The van der Waals surface area contributed by atoms with Crippen molar-refractivity contribution in [3.05, 3.63) is 35.4 Å². The van der Waals surface area contributed by atoms with Crippen LogP contribution in [0.1, 0.15) is 24.0 Å². The van der Waals surface area contributed by atoms with E-state index in [1.165, 1.54) is 30.5 Å². The molecule has 88 valence electrons. The zero-order valence-corrected chi connectivity index (χ0v) is 10.0. The minimum atomic E-state index is 0.338. The Morgan fingerprint density at radius 2 is 2.19 bits per heavy atom. The first-order valence-corrected chi connectivity index (χ1v) is 6.17. The van der Waals surface area contributed by atoms with E-state index in [9.17, 15) is 5.11 Å². The van der Waals surface area contributed by atoms with Crippen molar-refractivity contribution in [2.75, 3.05) is 19.7 Å². The van der Waals surface area contributed by atoms with Gasteiger partial charge in [0.25, 0.3) is 0 Å². The lowest BCUT2D eigenvalue weighted by atomic mass is 9.98. The number of likely N-dealkylation sites (tertiary alicyclic amines) is 1. The Morgan fingerprint density at radius 3 is 2.94 bits per heavy atom. The van der Waals surface area contributed by atoms with Crippen molar-refractivity contribution in [1.82, 2.24) is 4.90 Å². The molecule has 2 rings (SSSR count). The molecule has 1 aromatic rings. The van der Waals surface area contributed by atoms with Gasteiger partial charge in [-0.05, 0) is 43.4 Å². The van der Waals surface area contributed by atoms with E-state index in [0.717, 1.165) is 13.1 Å². The monoisotopic (exact) mass is 219 g/mol. The molecule has 0 bridgehead atoms. The van der Waals surface area contributed by atoms with E-state index >= 15 is 0 Å². The lowest BCUT2D eigenvalue weighted by Gasteiger charge is -2.32. The molecule has 1 aliphatic rings. The number of aliphatic hydroxyl groups excluding tert-OH is 1. The van der Waals surface area contributed by atoms with Gasteiger partial charge in [0.15, 0.2) is 0 Å². The number of benzene rings is 1. The van der Waals surface area contributed by atoms with E-state index in [2.05, 4.69) is 36.1 Å². The molecule has 1 heterocycles. The van der Waals surface area contributed by atoms with Gasteiger partial charge in [-0.1, -0.05) is 24.3 Å². The molecule has 2 heteroatoms. The number of aliphatic hydroxyl groups is 1. The number of nitrogens with zero attached hydrogens (tertiary/aromatic N) is 1. The predicted octanol–water partition coefficient (Wildman–Crippen LogP) is 2.20. The Morgan fingerprint density at radius 1 is 1.38 bits per heavy atom. The van der Waals surface area contributed by atoms with E-state index in [1.54, 1.807) is 0 Å². The largest absolute Gasteiger partial charge is 0.396 e. The van der Waals surface area contributed by atoms with Gasteiger partial charge in [0.05, 0.1) is 0 Å². The van der Waals surface area contributed by atoms with E-state index in [4.69, 9.17) is 0 Å². The standard InChI is InChI=1S/C14H21NO/c1-12-5-2-3-7-14(12)10-15-8-4-6-13(9-15)11-16/h2-3,5,7,13,16H,4,6,8-11H2,1H3. The highest BCUT2D eigenvalue weighted by Crippen LogP contribution is 2.19. The van der Waals surface area contributed by atoms with Gasteiger partial charge in [-0.25, -0.2) is 0 Å². The molecular formula is C14H21NO. The summed E-state index contributed by atoms with van der Waals surface area (Å²) in [4.78, 5) is 2.46. The van der Waals surface area contributed by atoms with Gasteiger partial charge in [-0.3, -0.25) is 4.90 Å². The summed E-state index contributed by atoms with van der Waals surface area (Å²) in [7, 11) is 0. The van der Waals surface area contributed by atoms with Crippen molar-refractivity contribution in [2.24, 2.45) is 5.92 Å². The molecule has 0 saturated carbocycles. The third-order valence-electron chi connectivity index (χ3n) is 3.52. The summed E-state index contributed by atoms with van der Waals surface area (Å²) in [5.41, 5.74) is 2.79. The second-order valence-corrected chi connectivity index (χ2v) is 4.85. The summed E-state index contributed by atoms with van der Waals surface area (Å²) in [6.45, 7) is 5.76. The van der Waals surface area contributed by atoms with Crippen LogP contribution in [0.2, 0.25) is 0 Å². The molecule has 1 atom stereocenters. The van der Waals surface area contributed by atoms with Crippen molar-refractivity contribution in [3.63, 3.8) is 0 Å². The molecule has 0 aliphatic carbocycles. The lowest BCUT2D eigenvalue weighted by Crippen LogP contribution is -2.36. The van der Waals surface area contributed by atoms with Gasteiger partial charge in [-0.2, -0.15) is 0 Å². The summed E-state index contributed by atoms with van der Waals surface area (Å²) in [6, 6.07) is 8.57.